The van der Waals surface area contributed by atoms with Gasteiger partial charge >= 0.3 is 6.09 Å². The van der Waals surface area contributed by atoms with Gasteiger partial charge in [-0.1, -0.05) is 23.7 Å². The van der Waals surface area contributed by atoms with E-state index in [0.717, 1.165) is 17.4 Å². The maximum absolute atomic E-state index is 12.0. The number of fused-ring (bicyclic) bond motifs is 1. The third-order valence-corrected chi connectivity index (χ3v) is 3.85. The van der Waals surface area contributed by atoms with Gasteiger partial charge in [0.2, 0.25) is 0 Å². The molecule has 0 fully saturated rings. The van der Waals surface area contributed by atoms with E-state index >= 15 is 0 Å². The van der Waals surface area contributed by atoms with Gasteiger partial charge in [0.1, 0.15) is 11.9 Å². The second-order valence-electron chi connectivity index (χ2n) is 6.30. The van der Waals surface area contributed by atoms with Crippen LogP contribution in [-0.4, -0.2) is 18.0 Å². The molecular formula is C16H20ClNO3. The first-order valence-corrected chi connectivity index (χ1v) is 7.40. The number of carbonyl (C=O) groups excluding carboxylic acids is 2. The molecule has 1 unspecified atom stereocenters. The largest absolute Gasteiger partial charge is 0.444 e. The van der Waals surface area contributed by atoms with Crippen molar-refractivity contribution in [3.05, 3.63) is 34.3 Å². The quantitative estimate of drug-likeness (QED) is 0.867. The zero-order valence-corrected chi connectivity index (χ0v) is 13.2. The molecule has 0 bridgehead atoms. The van der Waals surface area contributed by atoms with Crippen molar-refractivity contribution in [3.63, 3.8) is 0 Å². The predicted molar refractivity (Wildman–Crippen MR) is 81.4 cm³/mol. The minimum atomic E-state index is -0.556. The van der Waals surface area contributed by atoms with E-state index in [1.807, 2.05) is 39.0 Å². The molecule has 0 saturated heterocycles. The number of hydrogen-bond acceptors (Lipinski definition) is 3. The monoisotopic (exact) mass is 309 g/mol. The third-order valence-electron chi connectivity index (χ3n) is 3.50. The number of amides is 1. The molecular weight excluding hydrogens is 290 g/mol. The molecule has 0 heterocycles. The van der Waals surface area contributed by atoms with Crippen LogP contribution in [0.1, 0.15) is 44.4 Å². The number of halogens is 1. The number of rotatable bonds is 3. The van der Waals surface area contributed by atoms with Gasteiger partial charge in [0.15, 0.2) is 0 Å². The van der Waals surface area contributed by atoms with Crippen LogP contribution >= 0.6 is 11.6 Å². The smallest absolute Gasteiger partial charge is 0.408 e. The zero-order chi connectivity index (χ0) is 15.6. The Morgan fingerprint density at radius 1 is 1.48 bits per heavy atom. The highest BCUT2D eigenvalue weighted by Crippen LogP contribution is 2.40. The lowest BCUT2D eigenvalue weighted by Gasteiger charge is -2.24. The Bertz CT molecular complexity index is 551. The SMILES string of the molecule is CC(C)(C)OC(=O)NC1c2cccc(Cl)c2C[C@H]1CC=O. The highest BCUT2D eigenvalue weighted by molar-refractivity contribution is 6.31. The van der Waals surface area contributed by atoms with Crippen LogP contribution in [0.25, 0.3) is 0 Å². The van der Waals surface area contributed by atoms with Gasteiger partial charge in [0.05, 0.1) is 6.04 Å². The molecule has 1 aromatic rings. The molecule has 1 aromatic carbocycles. The lowest BCUT2D eigenvalue weighted by Crippen LogP contribution is -2.36. The van der Waals surface area contributed by atoms with Crippen LogP contribution in [-0.2, 0) is 16.0 Å². The molecule has 21 heavy (non-hydrogen) atoms. The molecule has 1 amide bonds. The molecule has 1 aliphatic rings. The molecule has 0 aromatic heterocycles. The van der Waals surface area contributed by atoms with Crippen molar-refractivity contribution in [2.24, 2.45) is 5.92 Å². The van der Waals surface area contributed by atoms with Crippen LogP contribution in [0.2, 0.25) is 5.02 Å². The Balaban J connectivity index is 2.21. The van der Waals surface area contributed by atoms with E-state index in [4.69, 9.17) is 16.3 Å². The van der Waals surface area contributed by atoms with Crippen molar-refractivity contribution in [1.29, 1.82) is 0 Å². The molecule has 1 aliphatic carbocycles. The summed E-state index contributed by atoms with van der Waals surface area (Å²) >= 11 is 6.21. The van der Waals surface area contributed by atoms with Crippen LogP contribution in [0.5, 0.6) is 0 Å². The van der Waals surface area contributed by atoms with Gasteiger partial charge in [-0.25, -0.2) is 4.79 Å². The lowest BCUT2D eigenvalue weighted by atomic mass is 9.98. The number of hydrogen-bond donors (Lipinski definition) is 1. The first-order chi connectivity index (χ1) is 9.81. The fraction of sp³-hybridized carbons (Fsp3) is 0.500. The highest BCUT2D eigenvalue weighted by Gasteiger charge is 2.35. The van der Waals surface area contributed by atoms with E-state index in [-0.39, 0.29) is 12.0 Å². The highest BCUT2D eigenvalue weighted by atomic mass is 35.5. The maximum Gasteiger partial charge on any atom is 0.408 e. The molecule has 0 aliphatic heterocycles. The van der Waals surface area contributed by atoms with Gasteiger partial charge in [-0.15, -0.1) is 0 Å². The minimum Gasteiger partial charge on any atom is -0.444 e. The third kappa shape index (κ3) is 3.76. The fourth-order valence-corrected chi connectivity index (χ4v) is 2.95. The summed E-state index contributed by atoms with van der Waals surface area (Å²) in [5.41, 5.74) is 1.42. The van der Waals surface area contributed by atoms with E-state index in [1.54, 1.807) is 0 Å². The minimum absolute atomic E-state index is 0.0184. The Morgan fingerprint density at radius 3 is 2.81 bits per heavy atom. The molecule has 2 rings (SSSR count). The summed E-state index contributed by atoms with van der Waals surface area (Å²) in [4.78, 5) is 22.9. The Morgan fingerprint density at radius 2 is 2.19 bits per heavy atom. The van der Waals surface area contributed by atoms with Gasteiger partial charge in [0.25, 0.3) is 0 Å². The summed E-state index contributed by atoms with van der Waals surface area (Å²) < 4.78 is 5.30. The topological polar surface area (TPSA) is 55.4 Å². The average Bonchev–Trinajstić information content (AvgIpc) is 2.68. The second-order valence-corrected chi connectivity index (χ2v) is 6.71. The van der Waals surface area contributed by atoms with E-state index in [0.29, 0.717) is 17.9 Å². The van der Waals surface area contributed by atoms with Crippen molar-refractivity contribution < 1.29 is 14.3 Å². The average molecular weight is 310 g/mol. The van der Waals surface area contributed by atoms with Crippen LogP contribution in [0.15, 0.2) is 18.2 Å². The standard InChI is InChI=1S/C16H20ClNO3/c1-16(2,3)21-15(20)18-14-10(7-8-19)9-12-11(14)5-4-6-13(12)17/h4-6,8,10,14H,7,9H2,1-3H3,(H,18,20)/t10-,14?/m1/s1. The number of aldehydes is 1. The summed E-state index contributed by atoms with van der Waals surface area (Å²) in [5.74, 6) is 0.0184. The molecule has 1 N–H and O–H groups in total. The predicted octanol–water partition coefficient (Wildman–Crippen LogP) is 3.67. The second kappa shape index (κ2) is 6.06. The first-order valence-electron chi connectivity index (χ1n) is 7.02. The first kappa shape index (κ1) is 15.8. The van der Waals surface area contributed by atoms with E-state index in [2.05, 4.69) is 5.32 Å². The molecule has 4 nitrogen and oxygen atoms in total. The van der Waals surface area contributed by atoms with Crippen molar-refractivity contribution >= 4 is 24.0 Å². The summed E-state index contributed by atoms with van der Waals surface area (Å²) in [6.45, 7) is 5.44. The number of carbonyl (C=O) groups is 2. The van der Waals surface area contributed by atoms with E-state index < -0.39 is 11.7 Å². The molecule has 0 spiro atoms. The van der Waals surface area contributed by atoms with Crippen LogP contribution in [0.3, 0.4) is 0 Å². The molecule has 114 valence electrons. The van der Waals surface area contributed by atoms with Gasteiger partial charge in [0, 0.05) is 11.4 Å². The summed E-state index contributed by atoms with van der Waals surface area (Å²) in [6.07, 6.45) is 1.48. The maximum atomic E-state index is 12.0. The van der Waals surface area contributed by atoms with E-state index in [1.165, 1.54) is 0 Å². The molecule has 0 radical (unpaired) electrons. The number of ether oxygens (including phenoxy) is 1. The van der Waals surface area contributed by atoms with Crippen molar-refractivity contribution in [3.8, 4) is 0 Å². The van der Waals surface area contributed by atoms with E-state index in [9.17, 15) is 9.59 Å². The molecule has 0 saturated carbocycles. The van der Waals surface area contributed by atoms with Gasteiger partial charge in [-0.3, -0.25) is 0 Å². The van der Waals surface area contributed by atoms with Gasteiger partial charge < -0.3 is 14.8 Å². The Labute approximate surface area is 129 Å². The van der Waals surface area contributed by atoms with Crippen molar-refractivity contribution in [2.75, 3.05) is 0 Å². The van der Waals surface area contributed by atoms with Crippen LogP contribution in [0, 0.1) is 5.92 Å². The number of alkyl carbamates (subject to hydrolysis) is 1. The number of benzene rings is 1. The van der Waals surface area contributed by atoms with Gasteiger partial charge in [-0.05, 0) is 50.3 Å². The normalized spacial score (nSPS) is 20.8. The lowest BCUT2D eigenvalue weighted by molar-refractivity contribution is -0.108. The number of nitrogens with one attached hydrogen (secondary N) is 1. The van der Waals surface area contributed by atoms with Crippen LogP contribution in [0.4, 0.5) is 4.79 Å². The Kier molecular flexibility index (Phi) is 4.57. The molecule has 5 heteroatoms. The Hall–Kier alpha value is -1.55. The fourth-order valence-electron chi connectivity index (χ4n) is 2.69. The van der Waals surface area contributed by atoms with Crippen molar-refractivity contribution in [2.45, 2.75) is 45.3 Å². The van der Waals surface area contributed by atoms with Crippen molar-refractivity contribution in [1.82, 2.24) is 5.32 Å². The summed E-state index contributed by atoms with van der Waals surface area (Å²) in [5, 5.41) is 3.55. The van der Waals surface area contributed by atoms with Crippen LogP contribution < -0.4 is 5.32 Å². The molecule has 2 atom stereocenters. The summed E-state index contributed by atoms with van der Waals surface area (Å²) in [7, 11) is 0. The van der Waals surface area contributed by atoms with Gasteiger partial charge in [-0.2, -0.15) is 0 Å². The zero-order valence-electron chi connectivity index (χ0n) is 12.5. The summed E-state index contributed by atoms with van der Waals surface area (Å²) in [6, 6.07) is 5.38.